The Morgan fingerprint density at radius 3 is 2.65 bits per heavy atom. The third-order valence-corrected chi connectivity index (χ3v) is 3.01. The number of carboxylic acids is 1. The van der Waals surface area contributed by atoms with Crippen LogP contribution in [0.4, 0.5) is 4.79 Å². The molecule has 1 atom stereocenters. The highest BCUT2D eigenvalue weighted by molar-refractivity contribution is 7.07. The molecule has 0 aromatic carbocycles. The van der Waals surface area contributed by atoms with E-state index in [0.29, 0.717) is 5.69 Å². The van der Waals surface area contributed by atoms with Crippen LogP contribution in [0.1, 0.15) is 18.5 Å². The number of urea groups is 1. The van der Waals surface area contributed by atoms with E-state index in [9.17, 15) is 19.2 Å². The van der Waals surface area contributed by atoms with Crippen LogP contribution in [-0.4, -0.2) is 34.0 Å². The molecule has 10 heteroatoms. The lowest BCUT2D eigenvalue weighted by molar-refractivity contribution is -0.139. The molecule has 0 saturated heterocycles. The van der Waals surface area contributed by atoms with Crippen molar-refractivity contribution < 1.29 is 19.5 Å². The number of aromatic nitrogens is 1. The van der Waals surface area contributed by atoms with Crippen LogP contribution in [0.25, 0.3) is 0 Å². The number of carbonyl (C=O) groups excluding carboxylic acids is 2. The first-order valence-electron chi connectivity index (χ1n) is 5.60. The van der Waals surface area contributed by atoms with Gasteiger partial charge in [-0.3, -0.25) is 9.59 Å². The van der Waals surface area contributed by atoms with Crippen molar-refractivity contribution in [3.05, 3.63) is 20.7 Å². The van der Waals surface area contributed by atoms with Gasteiger partial charge < -0.3 is 26.5 Å². The zero-order valence-corrected chi connectivity index (χ0v) is 11.2. The van der Waals surface area contributed by atoms with Gasteiger partial charge in [-0.25, -0.2) is 9.59 Å². The standard InChI is InChI=1S/C10H14N4O5S/c11-7(15)2-1-6(8(16)17)14-9(18)12-3-5-4-20-10(19)13-5/h4,6H,1-3H2,(H2,11,15)(H,13,19)(H,16,17)(H2,12,14,18). The molecular formula is C10H14N4O5S. The highest BCUT2D eigenvalue weighted by Crippen LogP contribution is 1.98. The van der Waals surface area contributed by atoms with Crippen LogP contribution in [0.15, 0.2) is 10.2 Å². The molecule has 1 aromatic rings. The van der Waals surface area contributed by atoms with E-state index in [1.807, 2.05) is 0 Å². The molecule has 1 aromatic heterocycles. The van der Waals surface area contributed by atoms with Crippen molar-refractivity contribution in [1.29, 1.82) is 0 Å². The van der Waals surface area contributed by atoms with Crippen LogP contribution >= 0.6 is 11.3 Å². The Morgan fingerprint density at radius 2 is 2.15 bits per heavy atom. The minimum atomic E-state index is -1.26. The normalized spacial score (nSPS) is 11.6. The smallest absolute Gasteiger partial charge is 0.326 e. The molecule has 0 saturated carbocycles. The number of hydrogen-bond donors (Lipinski definition) is 5. The van der Waals surface area contributed by atoms with Crippen molar-refractivity contribution in [2.75, 3.05) is 0 Å². The predicted molar refractivity (Wildman–Crippen MR) is 70.2 cm³/mol. The van der Waals surface area contributed by atoms with Gasteiger partial charge in [-0.15, -0.1) is 0 Å². The lowest BCUT2D eigenvalue weighted by Gasteiger charge is -2.14. The molecule has 1 rings (SSSR count). The zero-order chi connectivity index (χ0) is 15.1. The van der Waals surface area contributed by atoms with Gasteiger partial charge in [-0.2, -0.15) is 0 Å². The van der Waals surface area contributed by atoms with Crippen molar-refractivity contribution in [2.45, 2.75) is 25.4 Å². The number of H-pyrrole nitrogens is 1. The highest BCUT2D eigenvalue weighted by Gasteiger charge is 2.20. The minimum absolute atomic E-state index is 0.0622. The van der Waals surface area contributed by atoms with Crippen LogP contribution in [0.2, 0.25) is 0 Å². The average molecular weight is 302 g/mol. The van der Waals surface area contributed by atoms with Crippen LogP contribution in [0.5, 0.6) is 0 Å². The van der Waals surface area contributed by atoms with Crippen LogP contribution in [0.3, 0.4) is 0 Å². The summed E-state index contributed by atoms with van der Waals surface area (Å²) < 4.78 is 0. The Hall–Kier alpha value is -2.36. The number of hydrogen-bond acceptors (Lipinski definition) is 5. The summed E-state index contributed by atoms with van der Waals surface area (Å²) >= 11 is 0.958. The maximum atomic E-state index is 11.5. The molecule has 0 bridgehead atoms. The average Bonchev–Trinajstić information content (AvgIpc) is 2.77. The van der Waals surface area contributed by atoms with Crippen molar-refractivity contribution in [3.63, 3.8) is 0 Å². The van der Waals surface area contributed by atoms with Crippen LogP contribution < -0.4 is 21.2 Å². The van der Waals surface area contributed by atoms with E-state index >= 15 is 0 Å². The van der Waals surface area contributed by atoms with E-state index in [0.717, 1.165) is 11.3 Å². The molecule has 9 nitrogen and oxygen atoms in total. The first-order chi connectivity index (χ1) is 9.38. The second-order valence-electron chi connectivity index (χ2n) is 3.90. The summed E-state index contributed by atoms with van der Waals surface area (Å²) in [5.41, 5.74) is 5.43. The first-order valence-corrected chi connectivity index (χ1v) is 6.48. The molecule has 0 spiro atoms. The Bertz CT molecular complexity index is 552. The number of rotatable bonds is 7. The molecule has 0 aliphatic heterocycles. The van der Waals surface area contributed by atoms with Gasteiger partial charge in [0.2, 0.25) is 5.91 Å². The van der Waals surface area contributed by atoms with Crippen molar-refractivity contribution in [1.82, 2.24) is 15.6 Å². The largest absolute Gasteiger partial charge is 0.480 e. The minimum Gasteiger partial charge on any atom is -0.480 e. The Labute approximate surface area is 117 Å². The van der Waals surface area contributed by atoms with Gasteiger partial charge in [0.1, 0.15) is 6.04 Å². The molecule has 0 radical (unpaired) electrons. The number of nitrogens with two attached hydrogens (primary N) is 1. The van der Waals surface area contributed by atoms with E-state index in [1.54, 1.807) is 5.38 Å². The van der Waals surface area contributed by atoms with Gasteiger partial charge in [0, 0.05) is 17.5 Å². The first kappa shape index (κ1) is 15.7. The quantitative estimate of drug-likeness (QED) is 0.435. The van der Waals surface area contributed by atoms with Crippen molar-refractivity contribution in [2.24, 2.45) is 5.73 Å². The lowest BCUT2D eigenvalue weighted by atomic mass is 10.1. The summed E-state index contributed by atoms with van der Waals surface area (Å²) in [7, 11) is 0. The molecule has 6 N–H and O–H groups in total. The second kappa shape index (κ2) is 7.28. The van der Waals surface area contributed by atoms with Crippen LogP contribution in [0, 0.1) is 0 Å². The van der Waals surface area contributed by atoms with E-state index in [-0.39, 0.29) is 24.3 Å². The topological polar surface area (TPSA) is 154 Å². The van der Waals surface area contributed by atoms with Gasteiger partial charge >= 0.3 is 16.9 Å². The number of primary amides is 1. The SMILES string of the molecule is NC(=O)CCC(NC(=O)NCc1csc(=O)[nH]1)C(=O)O. The van der Waals surface area contributed by atoms with E-state index in [4.69, 9.17) is 10.8 Å². The van der Waals surface area contributed by atoms with Gasteiger partial charge in [0.15, 0.2) is 0 Å². The molecule has 20 heavy (non-hydrogen) atoms. The summed E-state index contributed by atoms with van der Waals surface area (Å²) in [6, 6.07) is -1.92. The summed E-state index contributed by atoms with van der Waals surface area (Å²) in [6.45, 7) is 0.0622. The van der Waals surface area contributed by atoms with E-state index in [1.165, 1.54) is 0 Å². The fourth-order valence-corrected chi connectivity index (χ4v) is 1.91. The molecule has 0 fully saturated rings. The summed E-state index contributed by atoms with van der Waals surface area (Å²) in [4.78, 5) is 46.1. The molecule has 110 valence electrons. The van der Waals surface area contributed by atoms with Crippen LogP contribution in [-0.2, 0) is 16.1 Å². The van der Waals surface area contributed by atoms with Crippen molar-refractivity contribution in [3.8, 4) is 0 Å². The number of carboxylic acid groups (broad SMARTS) is 1. The molecule has 0 aliphatic carbocycles. The summed E-state index contributed by atoms with van der Waals surface area (Å²) in [5.74, 6) is -1.90. The maximum absolute atomic E-state index is 11.5. The molecule has 0 aliphatic rings. The third kappa shape index (κ3) is 5.52. The summed E-state index contributed by atoms with van der Waals surface area (Å²) in [5, 5.41) is 15.0. The van der Waals surface area contributed by atoms with Gasteiger partial charge in [-0.05, 0) is 6.42 Å². The van der Waals surface area contributed by atoms with E-state index in [2.05, 4.69) is 15.6 Å². The van der Waals surface area contributed by atoms with Crippen molar-refractivity contribution >= 4 is 29.2 Å². The number of thiazole rings is 1. The number of carbonyl (C=O) groups is 3. The third-order valence-electron chi connectivity index (χ3n) is 2.29. The Balaban J connectivity index is 2.43. The maximum Gasteiger partial charge on any atom is 0.326 e. The van der Waals surface area contributed by atoms with E-state index < -0.39 is 23.9 Å². The fraction of sp³-hybridized carbons (Fsp3) is 0.400. The Kier molecular flexibility index (Phi) is 5.72. The number of aromatic amines is 1. The molecular weight excluding hydrogens is 288 g/mol. The fourth-order valence-electron chi connectivity index (χ4n) is 1.33. The number of nitrogens with one attached hydrogen (secondary N) is 3. The molecule has 1 unspecified atom stereocenters. The highest BCUT2D eigenvalue weighted by atomic mass is 32.1. The van der Waals surface area contributed by atoms with Gasteiger partial charge in [0.05, 0.1) is 6.54 Å². The zero-order valence-electron chi connectivity index (χ0n) is 10.3. The predicted octanol–water partition coefficient (Wildman–Crippen LogP) is -1.05. The van der Waals surface area contributed by atoms with Gasteiger partial charge in [0.25, 0.3) is 0 Å². The number of aliphatic carboxylic acids is 1. The Morgan fingerprint density at radius 1 is 1.45 bits per heavy atom. The lowest BCUT2D eigenvalue weighted by Crippen LogP contribution is -2.46. The second-order valence-corrected chi connectivity index (χ2v) is 4.74. The molecule has 3 amide bonds. The number of amides is 3. The van der Waals surface area contributed by atoms with Gasteiger partial charge in [-0.1, -0.05) is 11.3 Å². The summed E-state index contributed by atoms with van der Waals surface area (Å²) in [6.07, 6.45) is -0.234. The monoisotopic (exact) mass is 302 g/mol. The molecule has 1 heterocycles.